The number of aromatic amines is 1. The fourth-order valence-corrected chi connectivity index (χ4v) is 3.83. The number of rotatable bonds is 3. The summed E-state index contributed by atoms with van der Waals surface area (Å²) in [6, 6.07) is 8.55. The molecule has 3 rings (SSSR count). The number of aryl methyl sites for hydroxylation is 2. The summed E-state index contributed by atoms with van der Waals surface area (Å²) in [5, 5.41) is 1.02. The van der Waals surface area contributed by atoms with Crippen molar-refractivity contribution in [3.63, 3.8) is 0 Å². The molecule has 0 aliphatic carbocycles. The Morgan fingerprint density at radius 3 is 2.62 bits per heavy atom. The Morgan fingerprint density at radius 1 is 1.21 bits per heavy atom. The van der Waals surface area contributed by atoms with Crippen LogP contribution in [-0.4, -0.2) is 27.9 Å². The van der Waals surface area contributed by atoms with Crippen LogP contribution in [0.5, 0.6) is 0 Å². The van der Waals surface area contributed by atoms with Crippen molar-refractivity contribution >= 4 is 16.8 Å². The number of carbonyl (C=O) groups excluding carboxylic acids is 1. The topological polar surface area (TPSA) is 53.2 Å². The highest BCUT2D eigenvalue weighted by atomic mass is 16.2. The first-order valence-electron chi connectivity index (χ1n) is 8.89. The van der Waals surface area contributed by atoms with Crippen LogP contribution in [0.1, 0.15) is 50.7 Å². The SMILES string of the molecule is Cc1ccc2cc(CCC(=O)N3C(C)CCCC3C)c(=O)[nH]c2c1. The Morgan fingerprint density at radius 2 is 1.92 bits per heavy atom. The molecular formula is C20H26N2O2. The third kappa shape index (κ3) is 3.37. The van der Waals surface area contributed by atoms with Crippen molar-refractivity contribution in [2.45, 2.75) is 65.0 Å². The van der Waals surface area contributed by atoms with Gasteiger partial charge in [0.1, 0.15) is 0 Å². The van der Waals surface area contributed by atoms with E-state index in [2.05, 4.69) is 18.8 Å². The number of amides is 1. The van der Waals surface area contributed by atoms with Crippen molar-refractivity contribution in [2.24, 2.45) is 0 Å². The van der Waals surface area contributed by atoms with Gasteiger partial charge in [0.15, 0.2) is 0 Å². The lowest BCUT2D eigenvalue weighted by atomic mass is 9.96. The maximum absolute atomic E-state index is 12.6. The quantitative estimate of drug-likeness (QED) is 0.937. The van der Waals surface area contributed by atoms with Gasteiger partial charge in [-0.25, -0.2) is 0 Å². The average Bonchev–Trinajstić information content (AvgIpc) is 2.52. The molecule has 0 bridgehead atoms. The molecule has 0 radical (unpaired) electrons. The van der Waals surface area contributed by atoms with Crippen molar-refractivity contribution in [1.82, 2.24) is 9.88 Å². The van der Waals surface area contributed by atoms with Gasteiger partial charge in [-0.1, -0.05) is 12.1 Å². The van der Waals surface area contributed by atoms with E-state index in [-0.39, 0.29) is 11.5 Å². The molecule has 2 atom stereocenters. The molecule has 2 unspecified atom stereocenters. The number of nitrogens with one attached hydrogen (secondary N) is 1. The first-order chi connectivity index (χ1) is 11.5. The Bertz CT molecular complexity index is 799. The highest BCUT2D eigenvalue weighted by Crippen LogP contribution is 2.23. The number of benzene rings is 1. The van der Waals surface area contributed by atoms with Gasteiger partial charge in [-0.05, 0) is 69.5 Å². The summed E-state index contributed by atoms with van der Waals surface area (Å²) < 4.78 is 0. The molecular weight excluding hydrogens is 300 g/mol. The molecule has 1 aliphatic heterocycles. The first-order valence-corrected chi connectivity index (χ1v) is 8.89. The fraction of sp³-hybridized carbons (Fsp3) is 0.500. The van der Waals surface area contributed by atoms with Crippen LogP contribution in [0.2, 0.25) is 0 Å². The van der Waals surface area contributed by atoms with Crippen LogP contribution in [-0.2, 0) is 11.2 Å². The number of hydrogen-bond donors (Lipinski definition) is 1. The van der Waals surface area contributed by atoms with E-state index >= 15 is 0 Å². The number of nitrogens with zero attached hydrogens (tertiary/aromatic N) is 1. The maximum atomic E-state index is 12.6. The zero-order valence-corrected chi connectivity index (χ0v) is 14.8. The molecule has 2 aromatic rings. The third-order valence-corrected chi connectivity index (χ3v) is 5.17. The van der Waals surface area contributed by atoms with Gasteiger partial charge in [0.2, 0.25) is 5.91 Å². The smallest absolute Gasteiger partial charge is 0.251 e. The number of likely N-dealkylation sites (tertiary alicyclic amines) is 1. The Labute approximate surface area is 142 Å². The standard InChI is InChI=1S/C20H26N2O2/c1-13-7-8-16-12-17(20(24)21-18(16)11-13)9-10-19(23)22-14(2)5-4-6-15(22)3/h7-8,11-12,14-15H,4-6,9-10H2,1-3H3,(H,21,24). The lowest BCUT2D eigenvalue weighted by Gasteiger charge is -2.39. The van der Waals surface area contributed by atoms with Crippen molar-refractivity contribution in [1.29, 1.82) is 0 Å². The number of H-pyrrole nitrogens is 1. The summed E-state index contributed by atoms with van der Waals surface area (Å²) in [6.07, 6.45) is 4.23. The molecule has 1 fully saturated rings. The number of pyridine rings is 1. The maximum Gasteiger partial charge on any atom is 0.251 e. The number of hydrogen-bond acceptors (Lipinski definition) is 2. The van der Waals surface area contributed by atoms with Crippen LogP contribution in [0.15, 0.2) is 29.1 Å². The van der Waals surface area contributed by atoms with Crippen molar-refractivity contribution in [3.8, 4) is 0 Å². The number of aromatic nitrogens is 1. The van der Waals surface area contributed by atoms with Crippen LogP contribution in [0, 0.1) is 6.92 Å². The van der Waals surface area contributed by atoms with E-state index in [1.165, 1.54) is 6.42 Å². The second-order valence-electron chi connectivity index (χ2n) is 7.14. The molecule has 1 amide bonds. The van der Waals surface area contributed by atoms with Gasteiger partial charge in [0, 0.05) is 29.6 Å². The molecule has 24 heavy (non-hydrogen) atoms. The molecule has 1 aromatic carbocycles. The average molecular weight is 326 g/mol. The molecule has 4 heteroatoms. The number of fused-ring (bicyclic) bond motifs is 1. The van der Waals surface area contributed by atoms with E-state index in [9.17, 15) is 9.59 Å². The monoisotopic (exact) mass is 326 g/mol. The van der Waals surface area contributed by atoms with Gasteiger partial charge >= 0.3 is 0 Å². The summed E-state index contributed by atoms with van der Waals surface area (Å²) in [6.45, 7) is 6.25. The van der Waals surface area contributed by atoms with E-state index in [0.717, 1.165) is 29.3 Å². The minimum Gasteiger partial charge on any atom is -0.337 e. The van der Waals surface area contributed by atoms with Gasteiger partial charge in [0.25, 0.3) is 5.56 Å². The lowest BCUT2D eigenvalue weighted by molar-refractivity contribution is -0.137. The largest absolute Gasteiger partial charge is 0.337 e. The van der Waals surface area contributed by atoms with Crippen LogP contribution < -0.4 is 5.56 Å². The van der Waals surface area contributed by atoms with E-state index in [0.29, 0.717) is 30.5 Å². The second-order valence-corrected chi connectivity index (χ2v) is 7.14. The molecule has 4 nitrogen and oxygen atoms in total. The Balaban J connectivity index is 1.75. The van der Waals surface area contributed by atoms with Gasteiger partial charge in [-0.15, -0.1) is 0 Å². The van der Waals surface area contributed by atoms with Gasteiger partial charge in [0.05, 0.1) is 0 Å². The summed E-state index contributed by atoms with van der Waals surface area (Å²) in [4.78, 5) is 29.9. The highest BCUT2D eigenvalue weighted by molar-refractivity contribution is 5.80. The highest BCUT2D eigenvalue weighted by Gasteiger charge is 2.28. The van der Waals surface area contributed by atoms with Gasteiger partial charge in [-0.3, -0.25) is 9.59 Å². The summed E-state index contributed by atoms with van der Waals surface area (Å²) >= 11 is 0. The Kier molecular flexibility index (Phi) is 4.74. The van der Waals surface area contributed by atoms with Crippen LogP contribution >= 0.6 is 0 Å². The van der Waals surface area contributed by atoms with Crippen LogP contribution in [0.3, 0.4) is 0 Å². The van der Waals surface area contributed by atoms with Crippen LogP contribution in [0.4, 0.5) is 0 Å². The summed E-state index contributed by atoms with van der Waals surface area (Å²) in [5.74, 6) is 0.165. The van der Waals surface area contributed by atoms with Crippen molar-refractivity contribution in [2.75, 3.05) is 0 Å². The molecule has 1 aromatic heterocycles. The molecule has 0 spiro atoms. The molecule has 128 valence electrons. The predicted molar refractivity (Wildman–Crippen MR) is 97.2 cm³/mol. The number of carbonyl (C=O) groups is 1. The first kappa shape index (κ1) is 16.7. The Hall–Kier alpha value is -2.10. The lowest BCUT2D eigenvalue weighted by Crippen LogP contribution is -2.47. The van der Waals surface area contributed by atoms with Gasteiger partial charge in [-0.2, -0.15) is 0 Å². The number of piperidine rings is 1. The van der Waals surface area contributed by atoms with E-state index in [4.69, 9.17) is 0 Å². The fourth-order valence-electron chi connectivity index (χ4n) is 3.83. The minimum absolute atomic E-state index is 0.0827. The minimum atomic E-state index is -0.0827. The molecule has 1 saturated heterocycles. The van der Waals surface area contributed by atoms with Crippen molar-refractivity contribution < 1.29 is 4.79 Å². The summed E-state index contributed by atoms with van der Waals surface area (Å²) in [5.41, 5.74) is 2.58. The van der Waals surface area contributed by atoms with Crippen LogP contribution in [0.25, 0.3) is 10.9 Å². The normalized spacial score (nSPS) is 21.2. The van der Waals surface area contributed by atoms with E-state index < -0.39 is 0 Å². The van der Waals surface area contributed by atoms with Gasteiger partial charge < -0.3 is 9.88 Å². The molecule has 0 saturated carbocycles. The zero-order chi connectivity index (χ0) is 17.3. The second kappa shape index (κ2) is 6.80. The van der Waals surface area contributed by atoms with E-state index in [1.807, 2.05) is 36.1 Å². The summed E-state index contributed by atoms with van der Waals surface area (Å²) in [7, 11) is 0. The van der Waals surface area contributed by atoms with Crippen molar-refractivity contribution in [3.05, 3.63) is 45.7 Å². The zero-order valence-electron chi connectivity index (χ0n) is 14.8. The van der Waals surface area contributed by atoms with E-state index in [1.54, 1.807) is 0 Å². The predicted octanol–water partition coefficient (Wildman–Crippen LogP) is 3.56. The molecule has 2 heterocycles. The molecule has 1 N–H and O–H groups in total. The molecule has 1 aliphatic rings. The third-order valence-electron chi connectivity index (χ3n) is 5.17.